The number of aliphatic hydroxyl groups is 1. The number of rotatable bonds is 7. The second-order valence-corrected chi connectivity index (χ2v) is 9.27. The van der Waals surface area contributed by atoms with E-state index in [0.717, 1.165) is 16.8 Å². The Balaban J connectivity index is 2.35. The summed E-state index contributed by atoms with van der Waals surface area (Å²) >= 11 is 0. The predicted molar refractivity (Wildman–Crippen MR) is 118 cm³/mol. The van der Waals surface area contributed by atoms with E-state index in [2.05, 4.69) is 10.3 Å². The van der Waals surface area contributed by atoms with E-state index in [0.29, 0.717) is 4.57 Å². The first-order valence-electron chi connectivity index (χ1n) is 10.5. The average Bonchev–Trinajstić information content (AvgIpc) is 2.69. The summed E-state index contributed by atoms with van der Waals surface area (Å²) in [6.07, 6.45) is -6.74. The number of nitrogens with one attached hydrogen (secondary N) is 2. The maximum Gasteiger partial charge on any atom is 0.416 e. The number of hydrogen-bond donors (Lipinski definition) is 3. The van der Waals surface area contributed by atoms with Gasteiger partial charge >= 0.3 is 17.8 Å². The molecule has 11 nitrogen and oxygen atoms in total. The van der Waals surface area contributed by atoms with Crippen molar-refractivity contribution in [1.29, 1.82) is 0 Å². The van der Waals surface area contributed by atoms with Crippen LogP contribution in [0.25, 0.3) is 10.9 Å². The number of halogens is 3. The largest absolute Gasteiger partial charge is 0.459 e. The number of carbonyl (C=O) groups excluding carboxylic acids is 2. The van der Waals surface area contributed by atoms with Crippen molar-refractivity contribution in [2.24, 2.45) is 5.92 Å². The molecule has 0 spiro atoms. The highest BCUT2D eigenvalue weighted by atomic mass is 19.4. The molecule has 2 heterocycles. The molecular formula is C21H27F3N4O7. The lowest BCUT2D eigenvalue weighted by Crippen LogP contribution is -2.53. The van der Waals surface area contributed by atoms with Crippen molar-refractivity contribution in [3.8, 4) is 0 Å². The first-order valence-corrected chi connectivity index (χ1v) is 10.5. The first kappa shape index (κ1) is 27.8. The first-order chi connectivity index (χ1) is 15.9. The fraction of sp³-hybridized carbons (Fsp3) is 0.571. The molecule has 35 heavy (non-hydrogen) atoms. The molecule has 2 atom stereocenters. The molecule has 2 rings (SSSR count). The highest BCUT2D eigenvalue weighted by Crippen LogP contribution is 2.25. The summed E-state index contributed by atoms with van der Waals surface area (Å²) in [4.78, 5) is 64.4. The van der Waals surface area contributed by atoms with Gasteiger partial charge in [-0.15, -0.1) is 0 Å². The maximum atomic E-state index is 12.9. The molecule has 0 saturated carbocycles. The Hall–Kier alpha value is -3.42. The van der Waals surface area contributed by atoms with Crippen LogP contribution in [0, 0.1) is 5.92 Å². The van der Waals surface area contributed by atoms with E-state index in [9.17, 15) is 42.3 Å². The summed E-state index contributed by atoms with van der Waals surface area (Å²) in [5.74, 6) is -2.65. The predicted octanol–water partition coefficient (Wildman–Crippen LogP) is 0.257. The Kier molecular flexibility index (Phi) is 7.99. The Bertz CT molecular complexity index is 1290. The normalized spacial score (nSPS) is 14.1. The van der Waals surface area contributed by atoms with Crippen molar-refractivity contribution in [1.82, 2.24) is 19.4 Å². The van der Waals surface area contributed by atoms with E-state index in [-0.39, 0.29) is 5.39 Å². The second kappa shape index (κ2) is 10.1. The number of H-pyrrole nitrogens is 1. The van der Waals surface area contributed by atoms with Crippen LogP contribution in [-0.2, 0) is 27.4 Å². The van der Waals surface area contributed by atoms with Gasteiger partial charge in [0.1, 0.15) is 24.2 Å². The number of aromatic nitrogens is 3. The monoisotopic (exact) mass is 504 g/mol. The van der Waals surface area contributed by atoms with Crippen molar-refractivity contribution in [3.63, 3.8) is 0 Å². The molecule has 2 aromatic heterocycles. The van der Waals surface area contributed by atoms with Crippen LogP contribution in [0.4, 0.5) is 13.2 Å². The summed E-state index contributed by atoms with van der Waals surface area (Å²) in [6.45, 7) is 6.10. The lowest BCUT2D eigenvalue weighted by atomic mass is 9.98. The number of pyridine rings is 1. The minimum atomic E-state index is -4.97. The van der Waals surface area contributed by atoms with Crippen LogP contribution in [0.3, 0.4) is 0 Å². The van der Waals surface area contributed by atoms with Crippen molar-refractivity contribution >= 4 is 22.8 Å². The number of fused-ring (bicyclic) bond motifs is 1. The van der Waals surface area contributed by atoms with Gasteiger partial charge in [0, 0.05) is 6.20 Å². The summed E-state index contributed by atoms with van der Waals surface area (Å²) in [5.41, 5.74) is -4.29. The van der Waals surface area contributed by atoms with Crippen LogP contribution in [0.2, 0.25) is 0 Å². The van der Waals surface area contributed by atoms with Crippen LogP contribution in [-0.4, -0.2) is 55.0 Å². The molecule has 1 amide bonds. The molecule has 0 aliphatic heterocycles. The molecule has 0 fully saturated rings. The number of ether oxygens (including phenoxy) is 1. The smallest absolute Gasteiger partial charge is 0.416 e. The van der Waals surface area contributed by atoms with Gasteiger partial charge in [-0.05, 0) is 32.8 Å². The van der Waals surface area contributed by atoms with Gasteiger partial charge in [0.05, 0.1) is 11.4 Å². The van der Waals surface area contributed by atoms with Gasteiger partial charge in [0.25, 0.3) is 11.1 Å². The summed E-state index contributed by atoms with van der Waals surface area (Å²) < 4.78 is 45.1. The number of esters is 1. The zero-order valence-electron chi connectivity index (χ0n) is 19.7. The molecule has 14 heteroatoms. The minimum absolute atomic E-state index is 0.248. The zero-order chi connectivity index (χ0) is 26.9. The minimum Gasteiger partial charge on any atom is -0.459 e. The molecule has 0 aliphatic carbocycles. The van der Waals surface area contributed by atoms with Gasteiger partial charge in [-0.1, -0.05) is 13.8 Å². The fourth-order valence-electron chi connectivity index (χ4n) is 3.26. The number of aromatic amines is 1. The van der Waals surface area contributed by atoms with E-state index < -0.39 is 77.1 Å². The standard InChI is InChI=1S/C21H27F3N4O7/c1-10(2)14(16(31)21(22,23)24)25-12(29)8-27-7-6-11-15(18(27)33)26-19(34)28(17(11)32)9-13(30)35-20(3,4)5/h6-7,10,14,16,31H,8-9H2,1-5H3,(H,25,29)(H,26,34). The molecule has 0 aromatic carbocycles. The summed E-state index contributed by atoms with van der Waals surface area (Å²) in [6, 6.07) is -0.545. The molecule has 0 bridgehead atoms. The molecule has 0 radical (unpaired) electrons. The van der Waals surface area contributed by atoms with Gasteiger partial charge in [0.15, 0.2) is 6.10 Å². The second-order valence-electron chi connectivity index (χ2n) is 9.27. The SMILES string of the molecule is CC(C)C(NC(=O)Cn1ccc2c(=O)n(CC(=O)OC(C)(C)C)c(=O)[nH]c2c1=O)C(O)C(F)(F)F. The molecule has 0 saturated heterocycles. The van der Waals surface area contributed by atoms with E-state index in [1.165, 1.54) is 13.8 Å². The quantitative estimate of drug-likeness (QED) is 0.457. The van der Waals surface area contributed by atoms with Crippen molar-refractivity contribution < 1.29 is 32.6 Å². The molecule has 2 unspecified atom stereocenters. The number of alkyl halides is 3. The van der Waals surface area contributed by atoms with Crippen LogP contribution >= 0.6 is 0 Å². The lowest BCUT2D eigenvalue weighted by molar-refractivity contribution is -0.215. The molecular weight excluding hydrogens is 477 g/mol. The number of aliphatic hydroxyl groups excluding tert-OH is 1. The number of nitrogens with zero attached hydrogens (tertiary/aromatic N) is 2. The van der Waals surface area contributed by atoms with Gasteiger partial charge in [-0.25, -0.2) is 9.36 Å². The third kappa shape index (κ3) is 6.81. The Morgan fingerprint density at radius 2 is 1.71 bits per heavy atom. The van der Waals surface area contributed by atoms with Crippen LogP contribution in [0.1, 0.15) is 34.6 Å². The van der Waals surface area contributed by atoms with Crippen LogP contribution in [0.5, 0.6) is 0 Å². The third-order valence-electron chi connectivity index (χ3n) is 4.86. The van der Waals surface area contributed by atoms with Crippen LogP contribution in [0.15, 0.2) is 26.6 Å². The topological polar surface area (TPSA) is 152 Å². The maximum absolute atomic E-state index is 12.9. The molecule has 194 valence electrons. The Morgan fingerprint density at radius 1 is 1.11 bits per heavy atom. The lowest BCUT2D eigenvalue weighted by Gasteiger charge is -2.28. The molecule has 3 N–H and O–H groups in total. The third-order valence-corrected chi connectivity index (χ3v) is 4.86. The van der Waals surface area contributed by atoms with Gasteiger partial charge in [0.2, 0.25) is 5.91 Å². The van der Waals surface area contributed by atoms with E-state index in [4.69, 9.17) is 4.74 Å². The average molecular weight is 504 g/mol. The number of carbonyl (C=O) groups is 2. The summed E-state index contributed by atoms with van der Waals surface area (Å²) in [5, 5.41) is 11.3. The Morgan fingerprint density at radius 3 is 2.23 bits per heavy atom. The van der Waals surface area contributed by atoms with E-state index in [1.54, 1.807) is 20.8 Å². The van der Waals surface area contributed by atoms with Crippen molar-refractivity contribution in [2.45, 2.75) is 71.6 Å². The zero-order valence-corrected chi connectivity index (χ0v) is 19.7. The fourth-order valence-corrected chi connectivity index (χ4v) is 3.26. The Labute approximate surface area is 196 Å². The van der Waals surface area contributed by atoms with Gasteiger partial charge in [-0.2, -0.15) is 13.2 Å². The highest BCUT2D eigenvalue weighted by molar-refractivity contribution is 5.79. The van der Waals surface area contributed by atoms with Gasteiger partial charge in [-0.3, -0.25) is 19.2 Å². The van der Waals surface area contributed by atoms with Crippen LogP contribution < -0.4 is 22.1 Å². The molecule has 0 aliphatic rings. The number of amides is 1. The highest BCUT2D eigenvalue weighted by Gasteiger charge is 2.45. The van der Waals surface area contributed by atoms with E-state index in [1.807, 2.05) is 0 Å². The summed E-state index contributed by atoms with van der Waals surface area (Å²) in [7, 11) is 0. The molecule has 2 aromatic rings. The number of hydrogen-bond acceptors (Lipinski definition) is 7. The van der Waals surface area contributed by atoms with E-state index >= 15 is 0 Å². The van der Waals surface area contributed by atoms with Crippen molar-refractivity contribution in [3.05, 3.63) is 43.5 Å². The van der Waals surface area contributed by atoms with Crippen molar-refractivity contribution in [2.75, 3.05) is 0 Å². The van der Waals surface area contributed by atoms with Gasteiger partial charge < -0.3 is 24.7 Å².